The van der Waals surface area contributed by atoms with E-state index in [9.17, 15) is 30.6 Å². The van der Waals surface area contributed by atoms with E-state index in [0.717, 1.165) is 32.8 Å². The van der Waals surface area contributed by atoms with E-state index in [1.807, 2.05) is 170 Å². The zero-order valence-electron chi connectivity index (χ0n) is 32.5. The molecule has 2 aromatic heterocycles. The van der Waals surface area contributed by atoms with E-state index in [1.54, 1.807) is 12.2 Å². The van der Waals surface area contributed by atoms with Crippen LogP contribution in [0, 0.1) is 45.3 Å². The van der Waals surface area contributed by atoms with Gasteiger partial charge in [0.1, 0.15) is 45.4 Å². The number of benzene rings is 5. The monoisotopic (exact) mass is 832 g/mol. The molecule has 9 aromatic rings. The summed E-state index contributed by atoms with van der Waals surface area (Å²) in [5.74, 6) is 0. The molecule has 0 bridgehead atoms. The fraction of sp³-hybridized carbons (Fsp3) is 0. The van der Waals surface area contributed by atoms with Crippen LogP contribution in [0.2, 0.25) is 0 Å². The van der Waals surface area contributed by atoms with Crippen molar-refractivity contribution in [3.63, 3.8) is 0 Å². The summed E-state index contributed by atoms with van der Waals surface area (Å²) in [6, 6.07) is 58.0. The molecule has 0 unspecified atom stereocenters. The van der Waals surface area contributed by atoms with Crippen LogP contribution < -0.4 is 41.5 Å². The molecule has 0 amide bonds. The fourth-order valence-corrected chi connectivity index (χ4v) is 9.75. The maximum Gasteiger partial charge on any atom is 0.194 e. The third-order valence-corrected chi connectivity index (χ3v) is 12.5. The van der Waals surface area contributed by atoms with Crippen LogP contribution in [-0.4, -0.2) is 0 Å². The number of rotatable bonds is 8. The van der Waals surface area contributed by atoms with Gasteiger partial charge in [0.25, 0.3) is 0 Å². The van der Waals surface area contributed by atoms with E-state index in [1.165, 1.54) is 34.8 Å². The molecule has 0 aliphatic heterocycles. The van der Waals surface area contributed by atoms with Gasteiger partial charge in [0, 0.05) is 64.2 Å². The van der Waals surface area contributed by atoms with Crippen LogP contribution in [0.5, 0.6) is 0 Å². The maximum atomic E-state index is 14.5. The van der Waals surface area contributed by atoms with E-state index >= 15 is 0 Å². The molecular weight excluding hydrogens is 805 g/mol. The van der Waals surface area contributed by atoms with E-state index < -0.39 is 10.9 Å². The molecule has 0 spiro atoms. The van der Waals surface area contributed by atoms with Gasteiger partial charge >= 0.3 is 0 Å². The van der Waals surface area contributed by atoms with Crippen molar-refractivity contribution in [1.82, 2.24) is 0 Å². The molecule has 0 aliphatic carbocycles. The van der Waals surface area contributed by atoms with Crippen molar-refractivity contribution in [1.29, 1.82) is 21.0 Å². The minimum absolute atomic E-state index is 0.122. The van der Waals surface area contributed by atoms with Crippen LogP contribution in [0.4, 0.5) is 32.8 Å². The number of anilines is 6. The average Bonchev–Trinajstić information content (AvgIpc) is 4.09. The predicted octanol–water partition coefficient (Wildman–Crippen LogP) is 8.70. The van der Waals surface area contributed by atoms with Gasteiger partial charge in [-0.05, 0) is 108 Å². The van der Waals surface area contributed by atoms with Crippen molar-refractivity contribution >= 4 is 100 Å². The summed E-state index contributed by atoms with van der Waals surface area (Å²) in [5, 5.41) is 43.9. The van der Waals surface area contributed by atoms with Crippen LogP contribution in [0.3, 0.4) is 0 Å². The predicted molar refractivity (Wildman–Crippen MR) is 249 cm³/mol. The molecule has 0 saturated heterocycles. The van der Waals surface area contributed by atoms with Gasteiger partial charge in [0.15, 0.2) is 10.9 Å². The lowest BCUT2D eigenvalue weighted by Crippen LogP contribution is -2.34. The molecule has 7 aromatic carbocycles. The Balaban J connectivity index is 1.24. The van der Waals surface area contributed by atoms with Crippen molar-refractivity contribution in [2.24, 2.45) is 0 Å². The Kier molecular flexibility index (Phi) is 10.4. The van der Waals surface area contributed by atoms with Crippen LogP contribution in [0.15, 0.2) is 167 Å². The molecule has 0 radical (unpaired) electrons. The number of nitriles is 4. The van der Waals surface area contributed by atoms with Crippen molar-refractivity contribution in [3.05, 3.63) is 209 Å². The number of thiophene rings is 2. The molecule has 290 valence electrons. The van der Waals surface area contributed by atoms with Crippen LogP contribution in [0.25, 0.3) is 44.8 Å². The van der Waals surface area contributed by atoms with Crippen molar-refractivity contribution in [2.45, 2.75) is 0 Å². The zero-order valence-corrected chi connectivity index (χ0v) is 34.1. The third kappa shape index (κ3) is 6.90. The molecule has 2 heterocycles. The second-order valence-corrected chi connectivity index (χ2v) is 16.2. The van der Waals surface area contributed by atoms with E-state index in [0.29, 0.717) is 9.75 Å². The van der Waals surface area contributed by atoms with Crippen molar-refractivity contribution in [2.75, 3.05) is 9.80 Å². The van der Waals surface area contributed by atoms with Crippen LogP contribution in [-0.2, 0) is 0 Å². The highest BCUT2D eigenvalue weighted by Crippen LogP contribution is 2.40. The lowest BCUT2D eigenvalue weighted by atomic mass is 10.1. The van der Waals surface area contributed by atoms with Gasteiger partial charge in [-0.25, -0.2) is 0 Å². The van der Waals surface area contributed by atoms with Gasteiger partial charge < -0.3 is 9.80 Å². The Morgan fingerprint density at radius 3 is 1.02 bits per heavy atom. The zero-order chi connectivity index (χ0) is 42.7. The topological polar surface area (TPSA) is 136 Å². The highest BCUT2D eigenvalue weighted by molar-refractivity contribution is 7.17. The highest BCUT2D eigenvalue weighted by Gasteiger charge is 2.20. The maximum absolute atomic E-state index is 14.5. The second kappa shape index (κ2) is 16.5. The first-order chi connectivity index (χ1) is 30.4. The number of hydrogen-bond donors (Lipinski definition) is 0. The summed E-state index contributed by atoms with van der Waals surface area (Å²) in [6.07, 6.45) is 3.34. The largest absolute Gasteiger partial charge is 0.302 e. The molecule has 8 nitrogen and oxygen atoms in total. The molecule has 0 N–H and O–H groups in total. The van der Waals surface area contributed by atoms with Gasteiger partial charge in [-0.1, -0.05) is 72.8 Å². The molecule has 10 heteroatoms. The van der Waals surface area contributed by atoms with Crippen molar-refractivity contribution < 1.29 is 0 Å². The van der Waals surface area contributed by atoms with E-state index in [-0.39, 0.29) is 53.6 Å². The van der Waals surface area contributed by atoms with Crippen LogP contribution >= 0.6 is 22.7 Å². The lowest BCUT2D eigenvalue weighted by molar-refractivity contribution is 1.32. The van der Waals surface area contributed by atoms with Crippen molar-refractivity contribution in [3.8, 4) is 24.3 Å². The Morgan fingerprint density at radius 1 is 0.419 bits per heavy atom. The summed E-state index contributed by atoms with van der Waals surface area (Å²) in [4.78, 5) is 34.6. The molecular formula is C52H28N6O2S2. The van der Waals surface area contributed by atoms with Gasteiger partial charge in [-0.3, -0.25) is 9.59 Å². The minimum atomic E-state index is -0.455. The smallest absolute Gasteiger partial charge is 0.194 e. The van der Waals surface area contributed by atoms with Gasteiger partial charge in [0.2, 0.25) is 0 Å². The highest BCUT2D eigenvalue weighted by atomic mass is 32.1. The van der Waals surface area contributed by atoms with Gasteiger partial charge in [-0.15, -0.1) is 22.7 Å². The summed E-state index contributed by atoms with van der Waals surface area (Å²) in [5.41, 5.74) is 2.27. The molecule has 62 heavy (non-hydrogen) atoms. The Morgan fingerprint density at radius 2 is 0.726 bits per heavy atom. The Hall–Kier alpha value is -8.64. The Bertz CT molecular complexity index is 3370. The quantitative estimate of drug-likeness (QED) is 0.148. The standard InChI is InChI=1S/C52H28N6O2S2/c53-29-33(30-54)49-41-27-44-42(28-43(41)51(59)45(49)25-39-21-23-47(61-39)57(35-13-5-1-6-14-35)36-15-7-2-8-16-36)50(34(31-55)32-56)46(52(44)60)26-40-22-24-48(62-40)58(37-17-9-3-10-18-37)38-19-11-4-12-20-38/h1-28H/b45-25-,46-26-. The summed E-state index contributed by atoms with van der Waals surface area (Å²) in [7, 11) is 0. The third-order valence-electron chi connectivity index (χ3n) is 10.5. The first-order valence-corrected chi connectivity index (χ1v) is 20.9. The number of para-hydroxylation sites is 4. The van der Waals surface area contributed by atoms with Gasteiger partial charge in [0.05, 0.1) is 0 Å². The average molecular weight is 833 g/mol. The fourth-order valence-electron chi connectivity index (χ4n) is 7.76. The summed E-state index contributed by atoms with van der Waals surface area (Å²) in [6.45, 7) is 0. The van der Waals surface area contributed by atoms with Crippen LogP contribution in [0.1, 0.15) is 9.75 Å². The molecule has 0 aliphatic rings. The molecule has 9 rings (SSSR count). The molecule has 0 saturated carbocycles. The van der Waals surface area contributed by atoms with E-state index in [2.05, 4.69) is 9.80 Å². The Labute approximate surface area is 362 Å². The molecule has 0 fully saturated rings. The summed E-state index contributed by atoms with van der Waals surface area (Å²) < 4.78 is 0. The number of nitrogens with zero attached hydrogens (tertiary/aromatic N) is 6. The minimum Gasteiger partial charge on any atom is -0.302 e. The first kappa shape index (κ1) is 38.9. The summed E-state index contributed by atoms with van der Waals surface area (Å²) >= 11 is 2.86. The van der Waals surface area contributed by atoms with Gasteiger partial charge in [-0.2, -0.15) is 21.0 Å². The second-order valence-electron chi connectivity index (χ2n) is 14.0. The number of hydrogen-bond acceptors (Lipinski definition) is 10. The molecule has 0 atom stereocenters. The SMILES string of the molecule is N#CC(C#N)=c1/c(=C/c2ccc(N(c3ccccc3)c3ccccc3)s2)c(=O)c2cc3c(=C(C#N)C#N)/c(=C/c4ccc(N(c5ccccc5)c5ccccc5)s4)c(=O)c3cc12. The number of fused-ring (bicyclic) bond motifs is 2. The lowest BCUT2D eigenvalue weighted by Gasteiger charge is -2.23. The van der Waals surface area contributed by atoms with E-state index in [4.69, 9.17) is 0 Å². The first-order valence-electron chi connectivity index (χ1n) is 19.2. The normalized spacial score (nSPS) is 11.5.